The van der Waals surface area contributed by atoms with Gasteiger partial charge in [0.2, 0.25) is 6.23 Å². The van der Waals surface area contributed by atoms with E-state index in [0.717, 1.165) is 40.3 Å². The summed E-state index contributed by atoms with van der Waals surface area (Å²) in [6.45, 7) is 2.11. The molecule has 0 spiro atoms. The Labute approximate surface area is 175 Å². The molecule has 0 fully saturated rings. The summed E-state index contributed by atoms with van der Waals surface area (Å²) in [4.78, 5) is 0. The number of hydrazone groups is 1. The van der Waals surface area contributed by atoms with E-state index in [4.69, 9.17) is 26.2 Å². The van der Waals surface area contributed by atoms with Crippen LogP contribution in [0.25, 0.3) is 0 Å². The van der Waals surface area contributed by atoms with Gasteiger partial charge in [-0.1, -0.05) is 35.9 Å². The molecule has 0 N–H and O–H groups in total. The fourth-order valence-electron chi connectivity index (χ4n) is 4.09. The molecule has 0 saturated heterocycles. The van der Waals surface area contributed by atoms with Crippen molar-refractivity contribution in [3.05, 3.63) is 94.0 Å². The van der Waals surface area contributed by atoms with Gasteiger partial charge in [-0.15, -0.1) is 0 Å². The van der Waals surface area contributed by atoms with E-state index in [2.05, 4.69) is 36.2 Å². The molecule has 0 amide bonds. The summed E-state index contributed by atoms with van der Waals surface area (Å²) in [6.07, 6.45) is 0.524. The molecule has 29 heavy (non-hydrogen) atoms. The fourth-order valence-corrected chi connectivity index (χ4v) is 4.27. The summed E-state index contributed by atoms with van der Waals surface area (Å²) in [5, 5.41) is 7.80. The van der Waals surface area contributed by atoms with Crippen LogP contribution in [0.1, 0.15) is 40.9 Å². The topological polar surface area (TPSA) is 34.1 Å². The van der Waals surface area contributed by atoms with Gasteiger partial charge in [0.15, 0.2) is 0 Å². The number of rotatable bonds is 3. The Morgan fingerprint density at radius 1 is 1.03 bits per heavy atom. The normalized spacial score (nSPS) is 19.8. The van der Waals surface area contributed by atoms with Crippen LogP contribution in [-0.2, 0) is 0 Å². The van der Waals surface area contributed by atoms with Gasteiger partial charge in [0.1, 0.15) is 11.5 Å². The Hall–Kier alpha value is -2.98. The first-order chi connectivity index (χ1) is 14.1. The van der Waals surface area contributed by atoms with Gasteiger partial charge >= 0.3 is 0 Å². The van der Waals surface area contributed by atoms with Crippen molar-refractivity contribution in [1.29, 1.82) is 0 Å². The number of aryl methyl sites for hydroxylation is 1. The number of halogens is 1. The van der Waals surface area contributed by atoms with Crippen LogP contribution >= 0.6 is 11.6 Å². The highest BCUT2D eigenvalue weighted by molar-refractivity contribution is 6.30. The Morgan fingerprint density at radius 3 is 2.59 bits per heavy atom. The molecule has 3 aromatic rings. The van der Waals surface area contributed by atoms with Crippen LogP contribution in [0, 0.1) is 6.92 Å². The van der Waals surface area contributed by atoms with E-state index in [1.165, 1.54) is 5.56 Å². The predicted molar refractivity (Wildman–Crippen MR) is 115 cm³/mol. The van der Waals surface area contributed by atoms with Crippen LogP contribution < -0.4 is 9.47 Å². The van der Waals surface area contributed by atoms with Crippen LogP contribution in [-0.4, -0.2) is 17.8 Å². The fraction of sp³-hybridized carbons (Fsp3) is 0.208. The van der Waals surface area contributed by atoms with E-state index < -0.39 is 0 Å². The van der Waals surface area contributed by atoms with Crippen molar-refractivity contribution >= 4 is 17.3 Å². The summed E-state index contributed by atoms with van der Waals surface area (Å²) in [5.41, 5.74) is 5.51. The molecule has 2 aliphatic rings. The predicted octanol–water partition coefficient (Wildman–Crippen LogP) is 5.90. The van der Waals surface area contributed by atoms with Gasteiger partial charge in [-0.05, 0) is 60.5 Å². The molecule has 5 rings (SSSR count). The van der Waals surface area contributed by atoms with Gasteiger partial charge in [-0.3, -0.25) is 0 Å². The highest BCUT2D eigenvalue weighted by atomic mass is 35.5. The first-order valence-corrected chi connectivity index (χ1v) is 10.0. The summed E-state index contributed by atoms with van der Waals surface area (Å²) in [6, 6.07) is 22.3. The molecule has 2 atom stereocenters. The summed E-state index contributed by atoms with van der Waals surface area (Å²) >= 11 is 6.31. The monoisotopic (exact) mass is 404 g/mol. The second-order valence-electron chi connectivity index (χ2n) is 7.38. The molecule has 0 bridgehead atoms. The lowest BCUT2D eigenvalue weighted by atomic mass is 9.95. The maximum absolute atomic E-state index is 6.43. The van der Waals surface area contributed by atoms with E-state index in [0.29, 0.717) is 5.02 Å². The third-order valence-corrected chi connectivity index (χ3v) is 5.86. The average molecular weight is 405 g/mol. The zero-order valence-corrected chi connectivity index (χ0v) is 17.1. The Bertz CT molecular complexity index is 1090. The highest BCUT2D eigenvalue weighted by Crippen LogP contribution is 2.48. The maximum Gasteiger partial charge on any atom is 0.214 e. The standard InChI is InChI=1S/C24H21ClN2O2/c1-15-5-3-4-6-19(15)24-27-22(20-13-17(25)9-12-23(20)29-24)14-21(26-27)16-7-10-18(28-2)11-8-16/h3-13,22,24H,14H2,1-2H3. The summed E-state index contributed by atoms with van der Waals surface area (Å²) in [7, 11) is 1.67. The molecule has 0 aromatic heterocycles. The Balaban J connectivity index is 1.59. The number of hydrogen-bond acceptors (Lipinski definition) is 4. The maximum atomic E-state index is 6.43. The van der Waals surface area contributed by atoms with Gasteiger partial charge in [-0.2, -0.15) is 5.10 Å². The first kappa shape index (κ1) is 18.1. The van der Waals surface area contributed by atoms with E-state index >= 15 is 0 Å². The number of ether oxygens (including phenoxy) is 2. The van der Waals surface area contributed by atoms with Crippen LogP contribution in [0.15, 0.2) is 71.8 Å². The van der Waals surface area contributed by atoms with Crippen LogP contribution in [0.3, 0.4) is 0 Å². The minimum absolute atomic E-state index is 0.0826. The van der Waals surface area contributed by atoms with Gasteiger partial charge in [-0.25, -0.2) is 5.01 Å². The largest absolute Gasteiger partial charge is 0.497 e. The van der Waals surface area contributed by atoms with E-state index in [9.17, 15) is 0 Å². The molecular formula is C24H21ClN2O2. The van der Waals surface area contributed by atoms with Crippen LogP contribution in [0.4, 0.5) is 0 Å². The SMILES string of the molecule is COc1ccc(C2=NN3C(C2)c2cc(Cl)ccc2OC3c2ccccc2C)cc1. The molecular weight excluding hydrogens is 384 g/mol. The number of fused-ring (bicyclic) bond motifs is 3. The lowest BCUT2D eigenvalue weighted by Crippen LogP contribution is -2.34. The molecule has 0 radical (unpaired) electrons. The molecule has 0 aliphatic carbocycles. The third kappa shape index (κ3) is 3.14. The van der Waals surface area contributed by atoms with Gasteiger partial charge < -0.3 is 9.47 Å². The first-order valence-electron chi connectivity index (χ1n) is 9.66. The van der Waals surface area contributed by atoms with Crippen molar-refractivity contribution in [2.75, 3.05) is 7.11 Å². The van der Waals surface area contributed by atoms with Crippen molar-refractivity contribution in [1.82, 2.24) is 5.01 Å². The molecule has 2 heterocycles. The number of hydrogen-bond donors (Lipinski definition) is 0. The second kappa shape index (κ2) is 7.12. The van der Waals surface area contributed by atoms with Crippen LogP contribution in [0.2, 0.25) is 5.02 Å². The molecule has 2 aliphatic heterocycles. The van der Waals surface area contributed by atoms with Gasteiger partial charge in [0.25, 0.3) is 0 Å². The van der Waals surface area contributed by atoms with Crippen molar-refractivity contribution in [2.45, 2.75) is 25.6 Å². The van der Waals surface area contributed by atoms with Crippen molar-refractivity contribution in [3.63, 3.8) is 0 Å². The van der Waals surface area contributed by atoms with Gasteiger partial charge in [0.05, 0.1) is 18.9 Å². The van der Waals surface area contributed by atoms with E-state index in [1.807, 2.05) is 42.5 Å². The smallest absolute Gasteiger partial charge is 0.214 e. The molecule has 146 valence electrons. The van der Waals surface area contributed by atoms with Crippen molar-refractivity contribution in [2.24, 2.45) is 5.10 Å². The lowest BCUT2D eigenvalue weighted by molar-refractivity contribution is -0.0194. The zero-order chi connectivity index (χ0) is 20.0. The molecule has 2 unspecified atom stereocenters. The Morgan fingerprint density at radius 2 is 1.83 bits per heavy atom. The number of benzene rings is 3. The van der Waals surface area contributed by atoms with Crippen molar-refractivity contribution < 1.29 is 9.47 Å². The minimum atomic E-state index is -0.273. The van der Waals surface area contributed by atoms with E-state index in [-0.39, 0.29) is 12.3 Å². The van der Waals surface area contributed by atoms with Crippen molar-refractivity contribution in [3.8, 4) is 11.5 Å². The molecule has 0 saturated carbocycles. The summed E-state index contributed by atoms with van der Waals surface area (Å²) in [5.74, 6) is 1.71. The van der Waals surface area contributed by atoms with Crippen LogP contribution in [0.5, 0.6) is 11.5 Å². The second-order valence-corrected chi connectivity index (χ2v) is 7.82. The average Bonchev–Trinajstić information content (AvgIpc) is 3.20. The molecule has 5 heteroatoms. The van der Waals surface area contributed by atoms with E-state index in [1.54, 1.807) is 7.11 Å². The number of methoxy groups -OCH3 is 1. The number of nitrogens with zero attached hydrogens (tertiary/aromatic N) is 2. The zero-order valence-electron chi connectivity index (χ0n) is 16.3. The lowest BCUT2D eigenvalue weighted by Gasteiger charge is -2.38. The Kier molecular flexibility index (Phi) is 4.44. The highest BCUT2D eigenvalue weighted by Gasteiger charge is 2.41. The minimum Gasteiger partial charge on any atom is -0.497 e. The third-order valence-electron chi connectivity index (χ3n) is 5.63. The van der Waals surface area contributed by atoms with Gasteiger partial charge in [0, 0.05) is 22.6 Å². The molecule has 3 aromatic carbocycles. The summed E-state index contributed by atoms with van der Waals surface area (Å²) < 4.78 is 11.7. The quantitative estimate of drug-likeness (QED) is 0.545. The molecule has 4 nitrogen and oxygen atoms in total.